The number of nitriles is 1. The van der Waals surface area contributed by atoms with E-state index in [1.165, 1.54) is 12.1 Å². The van der Waals surface area contributed by atoms with Gasteiger partial charge < -0.3 is 4.74 Å². The van der Waals surface area contributed by atoms with E-state index >= 15 is 0 Å². The maximum Gasteiger partial charge on any atom is 0.123 e. The molecule has 0 spiro atoms. The SMILES string of the molecule is CC1(C)C[C@H]([C@H](CC#N)c2ccc(F)cc2)CCO1. The third kappa shape index (κ3) is 3.54. The van der Waals surface area contributed by atoms with Gasteiger partial charge in [-0.3, -0.25) is 0 Å². The zero-order valence-corrected chi connectivity index (χ0v) is 11.5. The third-order valence-electron chi connectivity index (χ3n) is 3.91. The minimum absolute atomic E-state index is 0.128. The lowest BCUT2D eigenvalue weighted by atomic mass is 9.75. The standard InChI is InChI=1S/C16H20FNO/c1-16(2)11-13(8-10-19-16)15(7-9-18)12-3-5-14(17)6-4-12/h3-6,13,15H,7-8,10-11H2,1-2H3/t13-,15-/m1/s1. The van der Waals surface area contributed by atoms with Crippen LogP contribution in [0.3, 0.4) is 0 Å². The highest BCUT2D eigenvalue weighted by atomic mass is 19.1. The van der Waals surface area contributed by atoms with Crippen molar-refractivity contribution in [3.05, 3.63) is 35.6 Å². The molecular formula is C16H20FNO. The monoisotopic (exact) mass is 261 g/mol. The minimum Gasteiger partial charge on any atom is -0.376 e. The van der Waals surface area contributed by atoms with Crippen molar-refractivity contribution in [2.24, 2.45) is 5.92 Å². The summed E-state index contributed by atoms with van der Waals surface area (Å²) >= 11 is 0. The van der Waals surface area contributed by atoms with Crippen LogP contribution in [0.4, 0.5) is 4.39 Å². The molecule has 0 bridgehead atoms. The maximum atomic E-state index is 13.0. The first-order valence-corrected chi connectivity index (χ1v) is 6.78. The molecule has 102 valence electrons. The Bertz CT molecular complexity index is 461. The zero-order chi connectivity index (χ0) is 13.9. The smallest absolute Gasteiger partial charge is 0.123 e. The van der Waals surface area contributed by atoms with Crippen LogP contribution in [0.5, 0.6) is 0 Å². The van der Waals surface area contributed by atoms with Crippen molar-refractivity contribution in [3.8, 4) is 6.07 Å². The largest absolute Gasteiger partial charge is 0.376 e. The Kier molecular flexibility index (Phi) is 4.21. The predicted octanol–water partition coefficient (Wildman–Crippen LogP) is 4.03. The Morgan fingerprint density at radius 1 is 1.42 bits per heavy atom. The predicted molar refractivity (Wildman–Crippen MR) is 72.1 cm³/mol. The summed E-state index contributed by atoms with van der Waals surface area (Å²) in [7, 11) is 0. The van der Waals surface area contributed by atoms with Gasteiger partial charge in [-0.05, 0) is 56.2 Å². The second-order valence-electron chi connectivity index (χ2n) is 5.88. The highest BCUT2D eigenvalue weighted by molar-refractivity contribution is 5.22. The minimum atomic E-state index is -0.230. The van der Waals surface area contributed by atoms with Crippen LogP contribution in [0.15, 0.2) is 24.3 Å². The molecule has 0 radical (unpaired) electrons. The molecule has 0 N–H and O–H groups in total. The van der Waals surface area contributed by atoms with Crippen LogP contribution in [0.25, 0.3) is 0 Å². The van der Waals surface area contributed by atoms with E-state index in [-0.39, 0.29) is 17.3 Å². The van der Waals surface area contributed by atoms with Crippen molar-refractivity contribution in [3.63, 3.8) is 0 Å². The van der Waals surface area contributed by atoms with Gasteiger partial charge in [0.2, 0.25) is 0 Å². The van der Waals surface area contributed by atoms with Gasteiger partial charge in [-0.15, -0.1) is 0 Å². The van der Waals surface area contributed by atoms with Crippen LogP contribution in [0, 0.1) is 23.1 Å². The van der Waals surface area contributed by atoms with E-state index in [0.29, 0.717) is 12.3 Å². The molecule has 1 aliphatic heterocycles. The summed E-state index contributed by atoms with van der Waals surface area (Å²) in [5.41, 5.74) is 0.932. The molecule has 1 aromatic rings. The average Bonchev–Trinajstić information content (AvgIpc) is 2.36. The normalized spacial score (nSPS) is 23.6. The molecule has 1 heterocycles. The molecule has 1 aliphatic rings. The fraction of sp³-hybridized carbons (Fsp3) is 0.562. The molecule has 2 rings (SSSR count). The molecule has 2 atom stereocenters. The van der Waals surface area contributed by atoms with Gasteiger partial charge in [-0.2, -0.15) is 5.26 Å². The number of halogens is 1. The zero-order valence-electron chi connectivity index (χ0n) is 11.5. The van der Waals surface area contributed by atoms with Crippen LogP contribution < -0.4 is 0 Å². The number of hydrogen-bond acceptors (Lipinski definition) is 2. The molecule has 1 aromatic carbocycles. The molecule has 1 saturated heterocycles. The van der Waals surface area contributed by atoms with Crippen molar-refractivity contribution in [1.29, 1.82) is 5.26 Å². The van der Waals surface area contributed by atoms with Crippen LogP contribution in [0.2, 0.25) is 0 Å². The highest BCUT2D eigenvalue weighted by Crippen LogP contribution is 2.39. The first-order chi connectivity index (χ1) is 9.02. The fourth-order valence-corrected chi connectivity index (χ4v) is 2.99. The van der Waals surface area contributed by atoms with Crippen molar-refractivity contribution < 1.29 is 9.13 Å². The van der Waals surface area contributed by atoms with Crippen molar-refractivity contribution in [2.75, 3.05) is 6.61 Å². The average molecular weight is 261 g/mol. The summed E-state index contributed by atoms with van der Waals surface area (Å²) in [4.78, 5) is 0. The number of nitrogens with zero attached hydrogens (tertiary/aromatic N) is 1. The summed E-state index contributed by atoms with van der Waals surface area (Å²) in [5, 5.41) is 9.06. The number of benzene rings is 1. The van der Waals surface area contributed by atoms with Gasteiger partial charge in [0.15, 0.2) is 0 Å². The Morgan fingerprint density at radius 3 is 2.68 bits per heavy atom. The van der Waals surface area contributed by atoms with E-state index in [2.05, 4.69) is 19.9 Å². The van der Waals surface area contributed by atoms with Crippen molar-refractivity contribution in [2.45, 2.75) is 44.6 Å². The maximum absolute atomic E-state index is 13.0. The molecule has 0 unspecified atom stereocenters. The first kappa shape index (κ1) is 14.0. The Morgan fingerprint density at radius 2 is 2.11 bits per heavy atom. The van der Waals surface area contributed by atoms with Gasteiger partial charge >= 0.3 is 0 Å². The van der Waals surface area contributed by atoms with E-state index in [1.54, 1.807) is 12.1 Å². The molecule has 19 heavy (non-hydrogen) atoms. The van der Waals surface area contributed by atoms with E-state index < -0.39 is 0 Å². The first-order valence-electron chi connectivity index (χ1n) is 6.78. The van der Waals surface area contributed by atoms with Crippen molar-refractivity contribution >= 4 is 0 Å². The third-order valence-corrected chi connectivity index (χ3v) is 3.91. The number of rotatable bonds is 3. The highest BCUT2D eigenvalue weighted by Gasteiger charge is 2.34. The Hall–Kier alpha value is -1.40. The molecule has 0 aromatic heterocycles. The summed E-state index contributed by atoms with van der Waals surface area (Å²) in [6.07, 6.45) is 2.39. The lowest BCUT2D eigenvalue weighted by molar-refractivity contribution is -0.0766. The molecule has 2 nitrogen and oxygen atoms in total. The van der Waals surface area contributed by atoms with Crippen molar-refractivity contribution in [1.82, 2.24) is 0 Å². The van der Waals surface area contributed by atoms with E-state index in [1.807, 2.05) is 0 Å². The Balaban J connectivity index is 2.20. The van der Waals surface area contributed by atoms with E-state index in [4.69, 9.17) is 10.00 Å². The Labute approximate surface area is 114 Å². The summed E-state index contributed by atoms with van der Waals surface area (Å²) < 4.78 is 18.8. The summed E-state index contributed by atoms with van der Waals surface area (Å²) in [5.74, 6) is 0.370. The molecule has 3 heteroatoms. The van der Waals surface area contributed by atoms with Gasteiger partial charge in [-0.25, -0.2) is 4.39 Å². The van der Waals surface area contributed by atoms with Gasteiger partial charge in [0, 0.05) is 13.0 Å². The second kappa shape index (κ2) is 5.71. The van der Waals surface area contributed by atoms with Gasteiger partial charge in [-0.1, -0.05) is 12.1 Å². The summed E-state index contributed by atoms with van der Waals surface area (Å²) in [6, 6.07) is 8.83. The molecule has 0 saturated carbocycles. The van der Waals surface area contributed by atoms with E-state index in [9.17, 15) is 4.39 Å². The quantitative estimate of drug-likeness (QED) is 0.823. The molecule has 1 fully saturated rings. The van der Waals surface area contributed by atoms with Crippen LogP contribution in [-0.2, 0) is 4.74 Å². The molecule has 0 amide bonds. The topological polar surface area (TPSA) is 33.0 Å². The van der Waals surface area contributed by atoms with Gasteiger partial charge in [0.25, 0.3) is 0 Å². The number of ether oxygens (including phenoxy) is 1. The van der Waals surface area contributed by atoms with Gasteiger partial charge in [0.1, 0.15) is 5.82 Å². The molecule has 0 aliphatic carbocycles. The lowest BCUT2D eigenvalue weighted by Crippen LogP contribution is -2.36. The van der Waals surface area contributed by atoms with Crippen LogP contribution in [0.1, 0.15) is 44.6 Å². The fourth-order valence-electron chi connectivity index (χ4n) is 2.99. The second-order valence-corrected chi connectivity index (χ2v) is 5.88. The van der Waals surface area contributed by atoms with Crippen LogP contribution in [-0.4, -0.2) is 12.2 Å². The van der Waals surface area contributed by atoms with Gasteiger partial charge in [0.05, 0.1) is 11.7 Å². The lowest BCUT2D eigenvalue weighted by Gasteiger charge is -2.39. The summed E-state index contributed by atoms with van der Waals surface area (Å²) in [6.45, 7) is 4.92. The van der Waals surface area contributed by atoms with E-state index in [0.717, 1.165) is 25.0 Å². The van der Waals surface area contributed by atoms with Crippen LogP contribution >= 0.6 is 0 Å². The molecular weight excluding hydrogens is 241 g/mol. The number of hydrogen-bond donors (Lipinski definition) is 0.